The van der Waals surface area contributed by atoms with Crippen LogP contribution >= 0.6 is 0 Å². The van der Waals surface area contributed by atoms with Crippen molar-refractivity contribution >= 4 is 0 Å². The molecule has 0 aromatic rings. The second-order valence-electron chi connectivity index (χ2n) is 0. The molecule has 0 aliphatic rings. The Kier molecular flexibility index (Phi) is 91.0. The number of rotatable bonds is 0. The van der Waals surface area contributed by atoms with E-state index in [1.54, 1.807) is 0 Å². The monoisotopic (exact) mass is 232 g/mol. The van der Waals surface area contributed by atoms with E-state index in [2.05, 4.69) is 0 Å². The molecule has 3 heteroatoms. The van der Waals surface area contributed by atoms with E-state index in [0.717, 1.165) is 7.11 Å². The van der Waals surface area contributed by atoms with Crippen LogP contribution in [-0.4, -0.2) is 12.2 Å². The molecule has 1 nitrogen and oxygen atoms in total. The predicted octanol–water partition coefficient (Wildman–Crippen LogP) is -0.394. The molecule has 0 rings (SSSR count). The van der Waals surface area contributed by atoms with Gasteiger partial charge in [0.15, 0.2) is 0 Å². The largest absolute Gasteiger partial charge is 0.400 e. The van der Waals surface area contributed by atoms with E-state index >= 15 is 0 Å². The van der Waals surface area contributed by atoms with Crippen LogP contribution in [0.4, 0.5) is 0 Å². The molecule has 0 radical (unpaired) electrons. The molecule has 0 atom stereocenters. The topological polar surface area (TPSA) is 20.2 Å². The van der Waals surface area contributed by atoms with Crippen molar-refractivity contribution in [3.63, 3.8) is 0 Å². The fourth-order valence-electron chi connectivity index (χ4n) is 0. The fourth-order valence-corrected chi connectivity index (χ4v) is 0. The maximum absolute atomic E-state index is 7.00. The molecule has 4 heavy (non-hydrogen) atoms. The standard InChI is InChI=1S/CH4O.Nd.Ni/c1-2;;/h2H,1H3;;. The summed E-state index contributed by atoms with van der Waals surface area (Å²) in [6.45, 7) is 0. The zero-order valence-electron chi connectivity index (χ0n) is 2.26. The summed E-state index contributed by atoms with van der Waals surface area (Å²) in [5.41, 5.74) is 0. The summed E-state index contributed by atoms with van der Waals surface area (Å²) in [4.78, 5) is 0. The molecule has 0 aromatic heterocycles. The molecule has 0 aromatic carbocycles. The van der Waals surface area contributed by atoms with Crippen molar-refractivity contribution in [1.82, 2.24) is 0 Å². The second-order valence-corrected chi connectivity index (χ2v) is 0. The van der Waals surface area contributed by atoms with E-state index in [-0.39, 0.29) is 57.3 Å². The number of aliphatic hydroxyl groups excluding tert-OH is 1. The van der Waals surface area contributed by atoms with Crippen molar-refractivity contribution in [3.8, 4) is 0 Å². The van der Waals surface area contributed by atoms with Crippen LogP contribution in [0.2, 0.25) is 0 Å². The van der Waals surface area contributed by atoms with E-state index in [4.69, 9.17) is 5.11 Å². The molecule has 0 saturated carbocycles. The van der Waals surface area contributed by atoms with Gasteiger partial charge >= 0.3 is 0 Å². The average Bonchev–Trinajstić information content (AvgIpc) is 1.00. The third kappa shape index (κ3) is 9.19. The van der Waals surface area contributed by atoms with Crippen LogP contribution in [-0.2, 0) is 16.5 Å². The Labute approximate surface area is 68.6 Å². The van der Waals surface area contributed by atoms with E-state index in [0.29, 0.717) is 0 Å². The first-order chi connectivity index (χ1) is 1.00. The Balaban J connectivity index is -0.00000000500. The third-order valence-electron chi connectivity index (χ3n) is 0. The predicted molar refractivity (Wildman–Crippen MR) is 8.14 cm³/mol. The molecule has 0 aliphatic carbocycles. The minimum absolute atomic E-state index is 0. The quantitative estimate of drug-likeness (QED) is 0.567. The smallest absolute Gasteiger partial charge is 0.0319 e. The van der Waals surface area contributed by atoms with Crippen LogP contribution in [0.3, 0.4) is 0 Å². The van der Waals surface area contributed by atoms with Crippen LogP contribution in [0.1, 0.15) is 0 Å². The van der Waals surface area contributed by atoms with Gasteiger partial charge in [0.05, 0.1) is 0 Å². The number of hydrogen-bond acceptors (Lipinski definition) is 1. The fraction of sp³-hybridized carbons (Fsp3) is 1.00. The minimum atomic E-state index is 0. The van der Waals surface area contributed by atoms with Gasteiger partial charge in [0.1, 0.15) is 0 Å². The van der Waals surface area contributed by atoms with Crippen LogP contribution in [0.15, 0.2) is 0 Å². The minimum Gasteiger partial charge on any atom is -0.400 e. The van der Waals surface area contributed by atoms with Crippen molar-refractivity contribution in [3.05, 3.63) is 0 Å². The van der Waals surface area contributed by atoms with Gasteiger partial charge in [0.2, 0.25) is 0 Å². The summed E-state index contributed by atoms with van der Waals surface area (Å²) in [7, 11) is 1.00. The molecular weight excluding hydrogens is 231 g/mol. The average molecular weight is 235 g/mol. The molecule has 0 bridgehead atoms. The molecule has 1 N–H and O–H groups in total. The third-order valence-corrected chi connectivity index (χ3v) is 0. The molecule has 0 saturated heterocycles. The van der Waals surface area contributed by atoms with Gasteiger partial charge in [-0.1, -0.05) is 0 Å². The van der Waals surface area contributed by atoms with Crippen LogP contribution in [0.5, 0.6) is 0 Å². The van der Waals surface area contributed by atoms with Crippen molar-refractivity contribution in [2.24, 2.45) is 0 Å². The van der Waals surface area contributed by atoms with Gasteiger partial charge in [-0.25, -0.2) is 0 Å². The summed E-state index contributed by atoms with van der Waals surface area (Å²) in [6.07, 6.45) is 0. The Morgan fingerprint density at radius 1 is 1.25 bits per heavy atom. The summed E-state index contributed by atoms with van der Waals surface area (Å²) < 4.78 is 0. The zero-order chi connectivity index (χ0) is 2.00. The Hall–Kier alpha value is 1.80. The molecule has 0 unspecified atom stereocenters. The first-order valence-corrected chi connectivity index (χ1v) is 0.447. The Morgan fingerprint density at radius 2 is 1.25 bits per heavy atom. The van der Waals surface area contributed by atoms with Crippen LogP contribution in [0, 0.1) is 40.8 Å². The summed E-state index contributed by atoms with van der Waals surface area (Å²) in [5, 5.41) is 7.00. The SMILES string of the molecule is CO.[Nd].[Ni]. The van der Waals surface area contributed by atoms with Gasteiger partial charge in [-0.2, -0.15) is 0 Å². The molecule has 0 fully saturated rings. The zero-order valence-corrected chi connectivity index (χ0v) is 6.46. The Morgan fingerprint density at radius 3 is 1.25 bits per heavy atom. The second kappa shape index (κ2) is 21.4. The van der Waals surface area contributed by atoms with Crippen LogP contribution in [0.25, 0.3) is 0 Å². The van der Waals surface area contributed by atoms with Crippen molar-refractivity contribution in [2.75, 3.05) is 7.11 Å². The normalized spacial score (nSPS) is 1.50. The first-order valence-electron chi connectivity index (χ1n) is 0.447. The first kappa shape index (κ1) is 17.0. The van der Waals surface area contributed by atoms with Gasteiger partial charge in [-0.05, 0) is 0 Å². The van der Waals surface area contributed by atoms with Crippen molar-refractivity contribution in [2.45, 2.75) is 0 Å². The Bertz CT molecular complexity index is 8.00. The van der Waals surface area contributed by atoms with Gasteiger partial charge in [0.25, 0.3) is 0 Å². The summed E-state index contributed by atoms with van der Waals surface area (Å²) in [5.74, 6) is 0. The van der Waals surface area contributed by atoms with E-state index in [1.165, 1.54) is 0 Å². The molecule has 0 aliphatic heterocycles. The van der Waals surface area contributed by atoms with Gasteiger partial charge in [0, 0.05) is 64.4 Å². The van der Waals surface area contributed by atoms with Gasteiger partial charge < -0.3 is 5.11 Å². The maximum atomic E-state index is 7.00. The number of hydrogen-bond donors (Lipinski definition) is 1. The van der Waals surface area contributed by atoms with Crippen molar-refractivity contribution < 1.29 is 62.4 Å². The number of aliphatic hydroxyl groups is 1. The van der Waals surface area contributed by atoms with Gasteiger partial charge in [-0.15, -0.1) is 0 Å². The van der Waals surface area contributed by atoms with Gasteiger partial charge in [-0.3, -0.25) is 0 Å². The molecule has 0 amide bonds. The summed E-state index contributed by atoms with van der Waals surface area (Å²) >= 11 is 0. The van der Waals surface area contributed by atoms with E-state index in [1.807, 2.05) is 0 Å². The van der Waals surface area contributed by atoms with E-state index in [9.17, 15) is 0 Å². The maximum Gasteiger partial charge on any atom is 0.0319 e. The molecule has 28 valence electrons. The molecule has 0 spiro atoms. The molecular formula is CH4NdNiO. The molecule has 0 heterocycles. The van der Waals surface area contributed by atoms with E-state index < -0.39 is 0 Å². The van der Waals surface area contributed by atoms with Crippen molar-refractivity contribution in [1.29, 1.82) is 0 Å². The van der Waals surface area contributed by atoms with Crippen LogP contribution < -0.4 is 0 Å². The summed E-state index contributed by atoms with van der Waals surface area (Å²) in [6, 6.07) is 0.